The number of carbonyl (C=O) groups is 1. The van der Waals surface area contributed by atoms with E-state index < -0.39 is 49.3 Å². The Labute approximate surface area is 191 Å². The van der Waals surface area contributed by atoms with Crippen LogP contribution >= 0.6 is 0 Å². The van der Waals surface area contributed by atoms with E-state index in [4.69, 9.17) is 15.7 Å². The Morgan fingerprint density at radius 3 is 2.37 bits per heavy atom. The fraction of sp³-hybridized carbons (Fsp3) is 0.480. The van der Waals surface area contributed by atoms with Gasteiger partial charge in [-0.3, -0.25) is 4.79 Å². The fourth-order valence-electron chi connectivity index (χ4n) is 2.93. The van der Waals surface area contributed by atoms with E-state index in [-0.39, 0.29) is 17.7 Å². The number of benzene rings is 2. The maximum Gasteiger partial charge on any atom is 0.256 e. The van der Waals surface area contributed by atoms with Gasteiger partial charge in [-0.15, -0.1) is 0 Å². The smallest absolute Gasteiger partial charge is 0.256 e. The topological polar surface area (TPSA) is 78.8 Å². The Bertz CT molecular complexity index is 1070. The summed E-state index contributed by atoms with van der Waals surface area (Å²) in [6.45, 7) is -3.68. The summed E-state index contributed by atoms with van der Waals surface area (Å²) in [4.78, 5) is 13.3. The number of aliphatic hydroxyl groups is 2. The van der Waals surface area contributed by atoms with Crippen molar-refractivity contribution < 1.29 is 30.7 Å². The molecule has 3 N–H and O–H groups in total. The SMILES string of the molecule is [2H]C([2H])([2H])[C@@H](CCC)C([2H])([2H])Oc1ccc([C@@H](NC(=O)[C@](O)(c2ccccc2)C([2H])([2H])[2H])C(C)(C)O)cc1. The summed E-state index contributed by atoms with van der Waals surface area (Å²) in [6.07, 6.45) is 0.533. The molecule has 0 aliphatic carbocycles. The van der Waals surface area contributed by atoms with Crippen molar-refractivity contribution in [2.24, 2.45) is 5.92 Å². The molecule has 1 amide bonds. The van der Waals surface area contributed by atoms with Crippen molar-refractivity contribution in [1.29, 1.82) is 0 Å². The first kappa shape index (κ1) is 14.6. The number of amides is 1. The van der Waals surface area contributed by atoms with Crippen molar-refractivity contribution in [3.63, 3.8) is 0 Å². The third-order valence-corrected chi connectivity index (χ3v) is 4.61. The van der Waals surface area contributed by atoms with E-state index in [9.17, 15) is 15.0 Å². The molecule has 5 heteroatoms. The number of ether oxygens (including phenoxy) is 1. The monoisotopic (exact) mass is 421 g/mol. The van der Waals surface area contributed by atoms with Crippen molar-refractivity contribution in [2.45, 2.75) is 64.6 Å². The number of carbonyl (C=O) groups excluding carboxylic acids is 1. The average molecular weight is 422 g/mol. The van der Waals surface area contributed by atoms with Gasteiger partial charge in [0.1, 0.15) is 5.75 Å². The first-order valence-corrected chi connectivity index (χ1v) is 9.85. The van der Waals surface area contributed by atoms with Crippen LogP contribution in [-0.2, 0) is 10.4 Å². The Morgan fingerprint density at radius 2 is 1.83 bits per heavy atom. The van der Waals surface area contributed by atoms with Gasteiger partial charge in [0.05, 0.1) is 20.9 Å². The second-order valence-electron chi connectivity index (χ2n) is 7.77. The lowest BCUT2D eigenvalue weighted by atomic mass is 9.89. The van der Waals surface area contributed by atoms with Gasteiger partial charge in [0.25, 0.3) is 5.91 Å². The minimum atomic E-state index is -3.14. The van der Waals surface area contributed by atoms with Gasteiger partial charge < -0.3 is 20.3 Å². The zero-order valence-electron chi connectivity index (χ0n) is 25.5. The van der Waals surface area contributed by atoms with Gasteiger partial charge in [-0.05, 0) is 56.3 Å². The third kappa shape index (κ3) is 6.31. The van der Waals surface area contributed by atoms with Crippen LogP contribution in [0.3, 0.4) is 0 Å². The molecule has 3 atom stereocenters. The molecule has 0 saturated carbocycles. The molecular formula is C25H35NO4. The molecule has 0 bridgehead atoms. The first-order chi connectivity index (χ1) is 17.2. The van der Waals surface area contributed by atoms with Crippen molar-refractivity contribution >= 4 is 5.91 Å². The predicted molar refractivity (Wildman–Crippen MR) is 119 cm³/mol. The second kappa shape index (κ2) is 10.1. The lowest BCUT2D eigenvalue weighted by Gasteiger charge is -2.33. The lowest BCUT2D eigenvalue weighted by Crippen LogP contribution is -2.49. The molecule has 0 aliphatic heterocycles. The Morgan fingerprint density at radius 1 is 1.17 bits per heavy atom. The van der Waals surface area contributed by atoms with E-state index in [1.807, 2.05) is 0 Å². The van der Waals surface area contributed by atoms with E-state index in [0.717, 1.165) is 0 Å². The molecule has 2 rings (SSSR count). The van der Waals surface area contributed by atoms with Crippen LogP contribution in [0.2, 0.25) is 0 Å². The largest absolute Gasteiger partial charge is 0.493 e. The van der Waals surface area contributed by atoms with E-state index in [1.54, 1.807) is 13.0 Å². The van der Waals surface area contributed by atoms with Crippen LogP contribution in [-0.4, -0.2) is 28.3 Å². The zero-order valence-corrected chi connectivity index (χ0v) is 17.5. The Balaban J connectivity index is 2.38. The van der Waals surface area contributed by atoms with Gasteiger partial charge in [0, 0.05) is 8.22 Å². The van der Waals surface area contributed by atoms with Crippen LogP contribution in [0.1, 0.15) is 75.5 Å². The average Bonchev–Trinajstić information content (AvgIpc) is 2.79. The van der Waals surface area contributed by atoms with E-state index in [0.29, 0.717) is 12.0 Å². The van der Waals surface area contributed by atoms with Gasteiger partial charge in [0.2, 0.25) is 0 Å². The Hall–Kier alpha value is -2.37. The van der Waals surface area contributed by atoms with Crippen molar-refractivity contribution in [3.05, 3.63) is 65.7 Å². The molecule has 30 heavy (non-hydrogen) atoms. The highest BCUT2D eigenvalue weighted by Crippen LogP contribution is 2.29. The fourth-order valence-corrected chi connectivity index (χ4v) is 2.93. The van der Waals surface area contributed by atoms with E-state index in [1.165, 1.54) is 62.4 Å². The maximum absolute atomic E-state index is 13.3. The van der Waals surface area contributed by atoms with Crippen LogP contribution in [0.5, 0.6) is 5.75 Å². The molecule has 0 spiro atoms. The number of rotatable bonds is 10. The molecule has 164 valence electrons. The molecular weight excluding hydrogens is 378 g/mol. The van der Waals surface area contributed by atoms with Crippen LogP contribution in [0.25, 0.3) is 0 Å². The minimum Gasteiger partial charge on any atom is -0.493 e. The van der Waals surface area contributed by atoms with E-state index in [2.05, 4.69) is 5.32 Å². The standard InChI is InChI=1S/C25H35NO4/c1-6-10-18(2)17-30-21-15-13-19(14-16-21)22(24(3,4)28)26-23(27)25(5,29)20-11-8-7-9-12-20/h7-9,11-16,18,22,28-29H,6,10,17H2,1-5H3,(H,26,27)/t18-,22+,25+/m0/s1/i2D3,5D3,17D2. The first-order valence-electron chi connectivity index (χ1n) is 13.9. The van der Waals surface area contributed by atoms with Gasteiger partial charge >= 0.3 is 0 Å². The lowest BCUT2D eigenvalue weighted by molar-refractivity contribution is -0.141. The molecule has 2 aromatic carbocycles. The van der Waals surface area contributed by atoms with Crippen LogP contribution in [0.15, 0.2) is 54.6 Å². The summed E-state index contributed by atoms with van der Waals surface area (Å²) in [5, 5.41) is 24.4. The molecule has 0 aromatic heterocycles. The van der Waals surface area contributed by atoms with Gasteiger partial charge in [0.15, 0.2) is 5.60 Å². The summed E-state index contributed by atoms with van der Waals surface area (Å²) in [7, 11) is 0. The van der Waals surface area contributed by atoms with Gasteiger partial charge in [-0.25, -0.2) is 0 Å². The van der Waals surface area contributed by atoms with Gasteiger partial charge in [-0.1, -0.05) is 62.7 Å². The molecule has 0 unspecified atom stereocenters. The molecule has 0 fully saturated rings. The molecule has 0 saturated heterocycles. The van der Waals surface area contributed by atoms with Crippen molar-refractivity contribution in [1.82, 2.24) is 5.32 Å². The quantitative estimate of drug-likeness (QED) is 0.533. The van der Waals surface area contributed by atoms with Crippen LogP contribution < -0.4 is 10.1 Å². The molecule has 2 aromatic rings. The molecule has 0 heterocycles. The molecule has 5 nitrogen and oxygen atoms in total. The highest BCUT2D eigenvalue weighted by molar-refractivity contribution is 5.86. The number of nitrogens with one attached hydrogen (secondary N) is 1. The summed E-state index contributed by atoms with van der Waals surface area (Å²) < 4.78 is 68.4. The van der Waals surface area contributed by atoms with Crippen LogP contribution in [0.4, 0.5) is 0 Å². The minimum absolute atomic E-state index is 0.0215. The van der Waals surface area contributed by atoms with E-state index >= 15 is 0 Å². The molecule has 0 aliphatic rings. The number of hydrogen-bond donors (Lipinski definition) is 3. The summed E-state index contributed by atoms with van der Waals surface area (Å²) in [5.74, 6) is -2.58. The normalized spacial score (nSPS) is 21.0. The Kier molecular flexibility index (Phi) is 4.91. The second-order valence-corrected chi connectivity index (χ2v) is 7.77. The summed E-state index contributed by atoms with van der Waals surface area (Å²) >= 11 is 0. The maximum atomic E-state index is 13.3. The molecule has 0 radical (unpaired) electrons. The summed E-state index contributed by atoms with van der Waals surface area (Å²) in [5.41, 5.74) is -4.36. The highest BCUT2D eigenvalue weighted by atomic mass is 16.5. The zero-order chi connectivity index (χ0) is 29.2. The van der Waals surface area contributed by atoms with Crippen LogP contribution in [0, 0.1) is 5.92 Å². The van der Waals surface area contributed by atoms with Crippen molar-refractivity contribution in [2.75, 3.05) is 6.56 Å². The highest BCUT2D eigenvalue weighted by Gasteiger charge is 2.37. The van der Waals surface area contributed by atoms with Crippen molar-refractivity contribution in [3.8, 4) is 5.75 Å². The summed E-state index contributed by atoms with van der Waals surface area (Å²) in [6, 6.07) is 11.6. The predicted octanol–water partition coefficient (Wildman–Crippen LogP) is 4.34. The number of hydrogen-bond acceptors (Lipinski definition) is 4. The van der Waals surface area contributed by atoms with Gasteiger partial charge in [-0.2, -0.15) is 0 Å². The third-order valence-electron chi connectivity index (χ3n) is 4.61.